The van der Waals surface area contributed by atoms with E-state index in [1.807, 2.05) is 0 Å². The molecular weight excluding hydrogens is 218 g/mol. The molecule has 1 atom stereocenters. The molecule has 90 valence electrons. The summed E-state index contributed by atoms with van der Waals surface area (Å²) in [7, 11) is -3.45. The van der Waals surface area contributed by atoms with Crippen LogP contribution in [0.15, 0.2) is 0 Å². The van der Waals surface area contributed by atoms with Crippen LogP contribution in [-0.2, 0) is 14.8 Å². The summed E-state index contributed by atoms with van der Waals surface area (Å²) < 4.78 is 24.6. The van der Waals surface area contributed by atoms with Gasteiger partial charge in [-0.3, -0.25) is 4.79 Å². The van der Waals surface area contributed by atoms with Gasteiger partial charge in [-0.1, -0.05) is 6.92 Å². The van der Waals surface area contributed by atoms with E-state index in [1.54, 1.807) is 27.7 Å². The van der Waals surface area contributed by atoms with Crippen molar-refractivity contribution in [1.29, 1.82) is 0 Å². The van der Waals surface area contributed by atoms with E-state index in [0.717, 1.165) is 0 Å². The molecule has 0 spiro atoms. The summed E-state index contributed by atoms with van der Waals surface area (Å²) in [6.45, 7) is 6.36. The highest BCUT2D eigenvalue weighted by molar-refractivity contribution is 7.90. The lowest BCUT2D eigenvalue weighted by Gasteiger charge is -2.21. The number of carbonyl (C=O) groups is 1. The van der Waals surface area contributed by atoms with Crippen LogP contribution in [0.2, 0.25) is 0 Å². The smallest absolute Gasteiger partial charge is 0.307 e. The van der Waals surface area contributed by atoms with Crippen LogP contribution in [0, 0.1) is 5.92 Å². The highest BCUT2D eigenvalue weighted by atomic mass is 32.2. The fourth-order valence-corrected chi connectivity index (χ4v) is 1.69. The molecule has 0 aliphatic heterocycles. The fraction of sp³-hybridized carbons (Fsp3) is 0.889. The quantitative estimate of drug-likeness (QED) is 0.741. The van der Waals surface area contributed by atoms with E-state index in [9.17, 15) is 13.2 Å². The summed E-state index contributed by atoms with van der Waals surface area (Å²) in [5.74, 6) is -1.64. The first-order chi connectivity index (χ1) is 6.62. The van der Waals surface area contributed by atoms with Crippen LogP contribution in [0.3, 0.4) is 0 Å². The number of nitrogens with one attached hydrogen (secondary N) is 1. The maximum atomic E-state index is 11.6. The summed E-state index contributed by atoms with van der Waals surface area (Å²) in [6, 6.07) is 0. The van der Waals surface area contributed by atoms with E-state index in [4.69, 9.17) is 5.11 Å². The minimum atomic E-state index is -3.45. The Labute approximate surface area is 90.9 Å². The highest BCUT2D eigenvalue weighted by Gasteiger charge is 2.29. The zero-order chi connectivity index (χ0) is 12.3. The summed E-state index contributed by atoms with van der Waals surface area (Å²) in [5.41, 5.74) is 0. The van der Waals surface area contributed by atoms with Crippen LogP contribution in [0.4, 0.5) is 0 Å². The van der Waals surface area contributed by atoms with Gasteiger partial charge in [-0.15, -0.1) is 0 Å². The lowest BCUT2D eigenvalue weighted by Crippen LogP contribution is -2.42. The lowest BCUT2D eigenvalue weighted by molar-refractivity contribution is -0.141. The van der Waals surface area contributed by atoms with Crippen LogP contribution in [0.25, 0.3) is 0 Å². The van der Waals surface area contributed by atoms with Gasteiger partial charge in [-0.25, -0.2) is 13.1 Å². The molecule has 0 aliphatic carbocycles. The molecule has 0 heterocycles. The lowest BCUT2D eigenvalue weighted by atomic mass is 10.1. The minimum Gasteiger partial charge on any atom is -0.481 e. The summed E-state index contributed by atoms with van der Waals surface area (Å²) in [5, 5.41) is 8.74. The van der Waals surface area contributed by atoms with Crippen LogP contribution in [0.1, 0.15) is 34.1 Å². The predicted octanol–water partition coefficient (Wildman–Crippen LogP) is 0.815. The van der Waals surface area contributed by atoms with E-state index in [2.05, 4.69) is 4.72 Å². The first-order valence-electron chi connectivity index (χ1n) is 4.84. The molecule has 0 saturated heterocycles. The molecule has 6 heteroatoms. The summed E-state index contributed by atoms with van der Waals surface area (Å²) >= 11 is 0. The molecule has 5 nitrogen and oxygen atoms in total. The zero-order valence-electron chi connectivity index (χ0n) is 9.57. The van der Waals surface area contributed by atoms with Crippen molar-refractivity contribution >= 4 is 16.0 Å². The molecule has 2 N–H and O–H groups in total. The Kier molecular flexibility index (Phi) is 4.73. The van der Waals surface area contributed by atoms with Crippen molar-refractivity contribution in [2.24, 2.45) is 5.92 Å². The number of hydrogen-bond acceptors (Lipinski definition) is 3. The number of carboxylic acids is 1. The van der Waals surface area contributed by atoms with Crippen molar-refractivity contribution in [2.75, 3.05) is 6.54 Å². The standard InChI is InChI=1S/C9H19NO4S/c1-5-7(8(11)12)6-10-15(13,14)9(2,3)4/h7,10H,5-6H2,1-4H3,(H,11,12). The van der Waals surface area contributed by atoms with Gasteiger partial charge in [-0.2, -0.15) is 0 Å². The molecule has 0 radical (unpaired) electrons. The largest absolute Gasteiger partial charge is 0.481 e. The van der Waals surface area contributed by atoms with Gasteiger partial charge in [0.25, 0.3) is 0 Å². The monoisotopic (exact) mass is 237 g/mol. The fourth-order valence-electron chi connectivity index (χ4n) is 0.833. The molecule has 1 unspecified atom stereocenters. The van der Waals surface area contributed by atoms with Crippen LogP contribution in [-0.4, -0.2) is 30.8 Å². The number of aliphatic carboxylic acids is 1. The second-order valence-corrected chi connectivity index (χ2v) is 6.93. The Morgan fingerprint density at radius 3 is 2.13 bits per heavy atom. The van der Waals surface area contributed by atoms with Crippen molar-refractivity contribution < 1.29 is 18.3 Å². The molecule has 0 aromatic rings. The predicted molar refractivity (Wildman–Crippen MR) is 58.1 cm³/mol. The van der Waals surface area contributed by atoms with Gasteiger partial charge in [0.05, 0.1) is 10.7 Å². The number of rotatable bonds is 5. The van der Waals surface area contributed by atoms with Crippen molar-refractivity contribution in [3.63, 3.8) is 0 Å². The van der Waals surface area contributed by atoms with E-state index in [1.165, 1.54) is 0 Å². The first-order valence-corrected chi connectivity index (χ1v) is 6.32. The van der Waals surface area contributed by atoms with Crippen LogP contribution < -0.4 is 4.72 Å². The van der Waals surface area contributed by atoms with Crippen molar-refractivity contribution in [3.8, 4) is 0 Å². The molecule has 0 saturated carbocycles. The molecule has 0 amide bonds. The van der Waals surface area contributed by atoms with Gasteiger partial charge in [0.2, 0.25) is 10.0 Å². The molecule has 0 aromatic heterocycles. The number of carboxylic acid groups (broad SMARTS) is 1. The Bertz CT molecular complexity index is 315. The summed E-state index contributed by atoms with van der Waals surface area (Å²) in [4.78, 5) is 10.7. The maximum absolute atomic E-state index is 11.6. The van der Waals surface area contributed by atoms with Gasteiger partial charge in [0.1, 0.15) is 0 Å². The van der Waals surface area contributed by atoms with Gasteiger partial charge >= 0.3 is 5.97 Å². The number of hydrogen-bond donors (Lipinski definition) is 2. The average Bonchev–Trinajstić information content (AvgIpc) is 2.02. The van der Waals surface area contributed by atoms with Crippen molar-refractivity contribution in [3.05, 3.63) is 0 Å². The molecule has 0 aromatic carbocycles. The second kappa shape index (κ2) is 4.94. The third kappa shape index (κ3) is 4.17. The second-order valence-electron chi connectivity index (χ2n) is 4.41. The van der Waals surface area contributed by atoms with E-state index in [-0.39, 0.29) is 6.54 Å². The third-order valence-electron chi connectivity index (χ3n) is 2.17. The minimum absolute atomic E-state index is 0.0502. The van der Waals surface area contributed by atoms with Crippen LogP contribution >= 0.6 is 0 Å². The van der Waals surface area contributed by atoms with Gasteiger partial charge in [0.15, 0.2) is 0 Å². The van der Waals surface area contributed by atoms with Crippen LogP contribution in [0.5, 0.6) is 0 Å². The molecule has 0 aliphatic rings. The van der Waals surface area contributed by atoms with Gasteiger partial charge in [0, 0.05) is 6.54 Å². The Morgan fingerprint density at radius 2 is 1.87 bits per heavy atom. The number of sulfonamides is 1. The van der Waals surface area contributed by atoms with Crippen molar-refractivity contribution in [1.82, 2.24) is 4.72 Å². The van der Waals surface area contributed by atoms with E-state index < -0.39 is 26.7 Å². The van der Waals surface area contributed by atoms with Gasteiger partial charge in [-0.05, 0) is 27.2 Å². The highest BCUT2D eigenvalue weighted by Crippen LogP contribution is 2.13. The SMILES string of the molecule is CCC(CNS(=O)(=O)C(C)(C)C)C(=O)O. The molecular formula is C9H19NO4S. The van der Waals surface area contributed by atoms with E-state index >= 15 is 0 Å². The van der Waals surface area contributed by atoms with Crippen molar-refractivity contribution in [2.45, 2.75) is 38.9 Å². The zero-order valence-corrected chi connectivity index (χ0v) is 10.4. The Morgan fingerprint density at radius 1 is 1.40 bits per heavy atom. The van der Waals surface area contributed by atoms with Gasteiger partial charge < -0.3 is 5.11 Å². The topological polar surface area (TPSA) is 83.5 Å². The molecule has 15 heavy (non-hydrogen) atoms. The normalized spacial score (nSPS) is 14.9. The summed E-state index contributed by atoms with van der Waals surface area (Å²) in [6.07, 6.45) is 0.405. The average molecular weight is 237 g/mol. The van der Waals surface area contributed by atoms with E-state index in [0.29, 0.717) is 6.42 Å². The Hall–Kier alpha value is -0.620. The maximum Gasteiger partial charge on any atom is 0.307 e. The molecule has 0 fully saturated rings. The first kappa shape index (κ1) is 14.4. The molecule has 0 rings (SSSR count). The Balaban J connectivity index is 4.46. The third-order valence-corrected chi connectivity index (χ3v) is 4.33. The molecule has 0 bridgehead atoms.